The van der Waals surface area contributed by atoms with Crippen LogP contribution in [0.15, 0.2) is 16.6 Å². The van der Waals surface area contributed by atoms with Gasteiger partial charge in [-0.2, -0.15) is 0 Å². The normalized spacial score (nSPS) is 15.8. The number of hydrogen-bond acceptors (Lipinski definition) is 4. The van der Waals surface area contributed by atoms with Crippen molar-refractivity contribution in [2.45, 2.75) is 13.8 Å². The number of allylic oxidation sites excluding steroid dienone is 1. The fraction of sp³-hybridized carbons (Fsp3) is 0.500. The molecular weight excluding hydrogens is 156 g/mol. The zero-order valence-corrected chi connectivity index (χ0v) is 7.26. The molecular formula is C8H12N2O2. The van der Waals surface area contributed by atoms with Crippen LogP contribution in [0.4, 0.5) is 0 Å². The highest BCUT2D eigenvalue weighted by molar-refractivity contribution is 5.94. The molecule has 0 aromatic carbocycles. The molecule has 1 rings (SSSR count). The van der Waals surface area contributed by atoms with Gasteiger partial charge in [0.05, 0.1) is 13.2 Å². The van der Waals surface area contributed by atoms with Crippen LogP contribution in [0.1, 0.15) is 13.8 Å². The number of Topliss-reactive ketones (excluding diaryl/α,β-unsaturated/α-hetero) is 1. The molecule has 0 atom stereocenters. The Balaban J connectivity index is 2.84. The van der Waals surface area contributed by atoms with Crippen LogP contribution in [0.2, 0.25) is 0 Å². The number of ether oxygens (including phenoxy) is 1. The van der Waals surface area contributed by atoms with E-state index in [4.69, 9.17) is 4.74 Å². The van der Waals surface area contributed by atoms with Crippen LogP contribution in [0.3, 0.4) is 0 Å². The van der Waals surface area contributed by atoms with Crippen LogP contribution >= 0.6 is 0 Å². The molecule has 1 N–H and O–H groups in total. The molecule has 66 valence electrons. The highest BCUT2D eigenvalue weighted by atomic mass is 16.5. The summed E-state index contributed by atoms with van der Waals surface area (Å²) in [4.78, 5) is 15.0. The van der Waals surface area contributed by atoms with Gasteiger partial charge in [-0.15, -0.1) is 0 Å². The molecule has 4 heteroatoms. The van der Waals surface area contributed by atoms with Gasteiger partial charge >= 0.3 is 0 Å². The summed E-state index contributed by atoms with van der Waals surface area (Å²) in [5.74, 6) is 0.353. The smallest absolute Gasteiger partial charge is 0.240 e. The molecule has 0 aromatic heterocycles. The minimum atomic E-state index is -0.0460. The van der Waals surface area contributed by atoms with Crippen molar-refractivity contribution >= 4 is 12.0 Å². The van der Waals surface area contributed by atoms with E-state index >= 15 is 0 Å². The average Bonchev–Trinajstić information content (AvgIpc) is 2.05. The van der Waals surface area contributed by atoms with Gasteiger partial charge in [-0.1, -0.05) is 0 Å². The van der Waals surface area contributed by atoms with Crippen molar-refractivity contribution in [3.8, 4) is 0 Å². The standard InChI is InChI=1S/C8H12N2O2/c1-3-12-8-7(6(2)11)9-4-5-10-8/h5,9H,3-4H2,1-2H3. The number of carbonyl (C=O) groups is 1. The van der Waals surface area contributed by atoms with Crippen molar-refractivity contribution in [3.05, 3.63) is 11.6 Å². The summed E-state index contributed by atoms with van der Waals surface area (Å²) < 4.78 is 5.16. The fourth-order valence-corrected chi connectivity index (χ4v) is 0.938. The van der Waals surface area contributed by atoms with Gasteiger partial charge in [0.25, 0.3) is 0 Å². The third-order valence-corrected chi connectivity index (χ3v) is 1.43. The molecule has 0 spiro atoms. The van der Waals surface area contributed by atoms with Gasteiger partial charge in [0.15, 0.2) is 5.78 Å². The van der Waals surface area contributed by atoms with E-state index in [1.165, 1.54) is 6.92 Å². The minimum absolute atomic E-state index is 0.0460. The maximum absolute atomic E-state index is 11.0. The number of hydrogen-bond donors (Lipinski definition) is 1. The lowest BCUT2D eigenvalue weighted by molar-refractivity contribution is -0.114. The Labute approximate surface area is 71.3 Å². The van der Waals surface area contributed by atoms with Gasteiger partial charge in [0.2, 0.25) is 5.88 Å². The Morgan fingerprint density at radius 1 is 1.83 bits per heavy atom. The minimum Gasteiger partial charge on any atom is -0.476 e. The van der Waals surface area contributed by atoms with E-state index in [0.29, 0.717) is 24.7 Å². The van der Waals surface area contributed by atoms with E-state index in [-0.39, 0.29) is 5.78 Å². The molecule has 1 heterocycles. The molecule has 1 aliphatic rings. The van der Waals surface area contributed by atoms with Gasteiger partial charge < -0.3 is 10.1 Å². The first kappa shape index (κ1) is 8.77. The van der Waals surface area contributed by atoms with Gasteiger partial charge in [-0.05, 0) is 6.92 Å². The predicted octanol–water partition coefficient (Wildman–Crippen LogP) is 0.455. The highest BCUT2D eigenvalue weighted by Crippen LogP contribution is 2.08. The van der Waals surface area contributed by atoms with Gasteiger partial charge in [0, 0.05) is 13.1 Å². The summed E-state index contributed by atoms with van der Waals surface area (Å²) >= 11 is 0. The Kier molecular flexibility index (Phi) is 2.85. The average molecular weight is 168 g/mol. The Morgan fingerprint density at radius 3 is 3.17 bits per heavy atom. The van der Waals surface area contributed by atoms with E-state index in [2.05, 4.69) is 10.3 Å². The van der Waals surface area contributed by atoms with Gasteiger partial charge in [0.1, 0.15) is 5.70 Å². The second-order valence-electron chi connectivity index (χ2n) is 2.36. The van der Waals surface area contributed by atoms with Gasteiger partial charge in [-0.3, -0.25) is 4.79 Å². The number of aliphatic imine (C=N–C) groups is 1. The molecule has 0 amide bonds. The number of ketones is 1. The predicted molar refractivity (Wildman–Crippen MR) is 45.8 cm³/mol. The van der Waals surface area contributed by atoms with E-state index in [1.807, 2.05) is 6.92 Å². The zero-order chi connectivity index (χ0) is 8.97. The molecule has 0 bridgehead atoms. The monoisotopic (exact) mass is 168 g/mol. The van der Waals surface area contributed by atoms with Crippen LogP contribution < -0.4 is 5.32 Å². The van der Waals surface area contributed by atoms with Crippen LogP contribution in [0, 0.1) is 0 Å². The van der Waals surface area contributed by atoms with Crippen LogP contribution in [-0.4, -0.2) is 25.1 Å². The van der Waals surface area contributed by atoms with Crippen LogP contribution in [0.25, 0.3) is 0 Å². The summed E-state index contributed by atoms with van der Waals surface area (Å²) in [7, 11) is 0. The first-order chi connectivity index (χ1) is 5.75. The summed E-state index contributed by atoms with van der Waals surface area (Å²) in [6.45, 7) is 4.45. The first-order valence-electron chi connectivity index (χ1n) is 3.90. The van der Waals surface area contributed by atoms with Crippen LogP contribution in [-0.2, 0) is 9.53 Å². The van der Waals surface area contributed by atoms with E-state index < -0.39 is 0 Å². The molecule has 1 aliphatic heterocycles. The Bertz CT molecular complexity index is 243. The maximum Gasteiger partial charge on any atom is 0.240 e. The molecule has 0 radical (unpaired) electrons. The number of rotatable bonds is 3. The van der Waals surface area contributed by atoms with Crippen molar-refractivity contribution in [1.29, 1.82) is 0 Å². The van der Waals surface area contributed by atoms with Crippen molar-refractivity contribution in [2.75, 3.05) is 13.2 Å². The Hall–Kier alpha value is -1.32. The van der Waals surface area contributed by atoms with Crippen molar-refractivity contribution in [1.82, 2.24) is 5.32 Å². The molecule has 0 saturated heterocycles. The molecule has 0 saturated carbocycles. The van der Waals surface area contributed by atoms with E-state index in [0.717, 1.165) is 0 Å². The van der Waals surface area contributed by atoms with Crippen molar-refractivity contribution < 1.29 is 9.53 Å². The second kappa shape index (κ2) is 3.90. The highest BCUT2D eigenvalue weighted by Gasteiger charge is 2.13. The molecule has 0 aromatic rings. The van der Waals surface area contributed by atoms with Crippen molar-refractivity contribution in [2.24, 2.45) is 4.99 Å². The summed E-state index contributed by atoms with van der Waals surface area (Å²) in [5.41, 5.74) is 0.472. The van der Waals surface area contributed by atoms with E-state index in [1.54, 1.807) is 6.21 Å². The molecule has 12 heavy (non-hydrogen) atoms. The molecule has 0 fully saturated rings. The summed E-state index contributed by atoms with van der Waals surface area (Å²) in [6, 6.07) is 0. The number of nitrogens with zero attached hydrogens (tertiary/aromatic N) is 1. The zero-order valence-electron chi connectivity index (χ0n) is 7.26. The quantitative estimate of drug-likeness (QED) is 0.665. The Morgan fingerprint density at radius 2 is 2.58 bits per heavy atom. The maximum atomic E-state index is 11.0. The lowest BCUT2D eigenvalue weighted by atomic mass is 10.3. The first-order valence-corrected chi connectivity index (χ1v) is 3.90. The number of carbonyl (C=O) groups excluding carboxylic acids is 1. The topological polar surface area (TPSA) is 50.7 Å². The second-order valence-corrected chi connectivity index (χ2v) is 2.36. The lowest BCUT2D eigenvalue weighted by Crippen LogP contribution is -2.26. The summed E-state index contributed by atoms with van der Waals surface area (Å²) in [6.07, 6.45) is 1.68. The van der Waals surface area contributed by atoms with Crippen molar-refractivity contribution in [3.63, 3.8) is 0 Å². The van der Waals surface area contributed by atoms with E-state index in [9.17, 15) is 4.79 Å². The van der Waals surface area contributed by atoms with Crippen LogP contribution in [0.5, 0.6) is 0 Å². The third-order valence-electron chi connectivity index (χ3n) is 1.43. The number of nitrogens with one attached hydrogen (secondary N) is 1. The SMILES string of the molecule is CCOC1=C(C(C)=O)NCC=N1. The lowest BCUT2D eigenvalue weighted by Gasteiger charge is -2.14. The largest absolute Gasteiger partial charge is 0.476 e. The van der Waals surface area contributed by atoms with Gasteiger partial charge in [-0.25, -0.2) is 4.99 Å². The fourth-order valence-electron chi connectivity index (χ4n) is 0.938. The molecule has 0 unspecified atom stereocenters. The third kappa shape index (κ3) is 1.84. The molecule has 4 nitrogen and oxygen atoms in total. The summed E-state index contributed by atoms with van der Waals surface area (Å²) in [5, 5.41) is 2.91. The molecule has 0 aliphatic carbocycles.